The maximum Gasteiger partial charge on any atom is 0.252 e. The van der Waals surface area contributed by atoms with E-state index in [0.717, 1.165) is 11.4 Å². The van der Waals surface area contributed by atoms with E-state index in [2.05, 4.69) is 265 Å². The molecule has 0 spiro atoms. The zero-order valence-corrected chi connectivity index (χ0v) is 42.7. The summed E-state index contributed by atoms with van der Waals surface area (Å²) in [6.07, 6.45) is 0. The first kappa shape index (κ1) is 42.1. The summed E-state index contributed by atoms with van der Waals surface area (Å²) >= 11 is 0. The molecule has 0 radical (unpaired) electrons. The number of hydrogen-bond acceptors (Lipinski definition) is 2. The SMILES string of the molecule is Cc1ccc(C)c(-c2cc3c4c(c2)-n2c5ccccc5c5cccc(c52)B4c2cc4c(cc2N3c2ccccc2)N(c2ccccc2)c2cc(-c3cc(C)ccc3C)cc3c2B4c2cccc4c5ccccc5n-3c24)c1. The van der Waals surface area contributed by atoms with Crippen LogP contribution in [0.15, 0.2) is 218 Å². The van der Waals surface area contributed by atoms with E-state index in [0.29, 0.717) is 0 Å². The molecule has 2 aromatic heterocycles. The van der Waals surface area contributed by atoms with E-state index in [9.17, 15) is 0 Å². The summed E-state index contributed by atoms with van der Waals surface area (Å²) in [5.74, 6) is 0. The predicted molar refractivity (Wildman–Crippen MR) is 324 cm³/mol. The van der Waals surface area contributed by atoms with Gasteiger partial charge >= 0.3 is 0 Å². The molecular formula is C70H48B2N4. The summed E-state index contributed by atoms with van der Waals surface area (Å²) in [4.78, 5) is 5.21. The molecule has 4 nitrogen and oxygen atoms in total. The Morgan fingerprint density at radius 2 is 0.711 bits per heavy atom. The van der Waals surface area contributed by atoms with Crippen molar-refractivity contribution in [2.24, 2.45) is 0 Å². The van der Waals surface area contributed by atoms with Crippen molar-refractivity contribution in [2.75, 3.05) is 9.80 Å². The number of aryl methyl sites for hydroxylation is 4. The Bertz CT molecular complexity index is 4420. The maximum atomic E-state index is 2.66. The number of hydrogen-bond donors (Lipinski definition) is 0. The number of nitrogens with zero attached hydrogens (tertiary/aromatic N) is 4. The van der Waals surface area contributed by atoms with Gasteiger partial charge in [0.15, 0.2) is 0 Å². The van der Waals surface area contributed by atoms with Crippen LogP contribution in [-0.2, 0) is 0 Å². The minimum Gasteiger partial charge on any atom is -0.311 e. The van der Waals surface area contributed by atoms with Crippen molar-refractivity contribution in [2.45, 2.75) is 27.7 Å². The van der Waals surface area contributed by atoms with Crippen LogP contribution in [0.2, 0.25) is 0 Å². The summed E-state index contributed by atoms with van der Waals surface area (Å²) in [6.45, 7) is 8.84. The molecule has 4 aliphatic rings. The second-order valence-electron chi connectivity index (χ2n) is 21.9. The molecule has 0 N–H and O–H groups in total. The van der Waals surface area contributed by atoms with Crippen LogP contribution in [0, 0.1) is 27.7 Å². The molecule has 0 unspecified atom stereocenters. The van der Waals surface area contributed by atoms with Gasteiger partial charge in [0.2, 0.25) is 0 Å². The first-order chi connectivity index (χ1) is 37.4. The highest BCUT2D eigenvalue weighted by atomic mass is 15.2. The van der Waals surface area contributed by atoms with Crippen molar-refractivity contribution in [3.05, 3.63) is 241 Å². The molecule has 0 aliphatic carbocycles. The fourth-order valence-electron chi connectivity index (χ4n) is 14.4. The number of anilines is 6. The van der Waals surface area contributed by atoms with Gasteiger partial charge in [-0.05, 0) is 161 Å². The first-order valence-corrected chi connectivity index (χ1v) is 26.8. The van der Waals surface area contributed by atoms with Gasteiger partial charge in [0.25, 0.3) is 13.4 Å². The highest BCUT2D eigenvalue weighted by molar-refractivity contribution is 7.03. The molecule has 17 rings (SSSR count). The highest BCUT2D eigenvalue weighted by Crippen LogP contribution is 2.48. The molecular weight excluding hydrogens is 918 g/mol. The summed E-state index contributed by atoms with van der Waals surface area (Å²) in [7, 11) is 0. The number of fused-ring (bicyclic) bond motifs is 14. The second-order valence-corrected chi connectivity index (χ2v) is 21.9. The summed E-state index contributed by atoms with van der Waals surface area (Å²) in [5, 5.41) is 5.15. The lowest BCUT2D eigenvalue weighted by Crippen LogP contribution is -2.64. The van der Waals surface area contributed by atoms with Crippen LogP contribution in [0.1, 0.15) is 22.3 Å². The van der Waals surface area contributed by atoms with Crippen molar-refractivity contribution < 1.29 is 0 Å². The van der Waals surface area contributed by atoms with Crippen LogP contribution in [-0.4, -0.2) is 22.6 Å². The van der Waals surface area contributed by atoms with Gasteiger partial charge in [-0.3, -0.25) is 0 Å². The lowest BCUT2D eigenvalue weighted by molar-refractivity contribution is 1.17. The molecule has 6 heteroatoms. The normalized spacial score (nSPS) is 13.4. The van der Waals surface area contributed by atoms with Gasteiger partial charge < -0.3 is 18.9 Å². The van der Waals surface area contributed by atoms with E-state index in [1.807, 2.05) is 0 Å². The summed E-state index contributed by atoms with van der Waals surface area (Å²) < 4.78 is 5.20. The Kier molecular flexibility index (Phi) is 8.42. The maximum absolute atomic E-state index is 2.66. The largest absolute Gasteiger partial charge is 0.311 e. The molecule has 13 aromatic rings. The lowest BCUT2D eigenvalue weighted by Gasteiger charge is -2.44. The standard InChI is InChI=1S/C70H48B2N4/c1-41-29-31-43(3)53(33-41)45-35-63-67-65(37-45)75-59-27-13-11-21-49(59)51-23-15-25-55(69(51)75)71(67)57-39-58-62(40-61(57)73(63)47-17-7-5-8-18-47)74(48-19-9-6-10-20-48)64-36-46(54-34-42(2)30-32-44(54)4)38-66-68(64)72(58)56-26-16-24-52-50-22-12-14-28-60(50)76(66)70(52)56/h5-40H,1-4H3. The van der Waals surface area contributed by atoms with E-state index < -0.39 is 0 Å². The summed E-state index contributed by atoms with van der Waals surface area (Å²) in [6, 6.07) is 83.6. The molecule has 11 aromatic carbocycles. The van der Waals surface area contributed by atoms with Gasteiger partial charge in [0.1, 0.15) is 0 Å². The molecule has 76 heavy (non-hydrogen) atoms. The quantitative estimate of drug-likeness (QED) is 0.163. The number of rotatable bonds is 4. The zero-order valence-electron chi connectivity index (χ0n) is 42.7. The Morgan fingerprint density at radius 1 is 0.303 bits per heavy atom. The molecule has 0 amide bonds. The van der Waals surface area contributed by atoms with E-state index in [1.54, 1.807) is 0 Å². The van der Waals surface area contributed by atoms with Crippen molar-refractivity contribution in [3.63, 3.8) is 0 Å². The molecule has 0 bridgehead atoms. The molecule has 0 fully saturated rings. The van der Waals surface area contributed by atoms with E-state index in [-0.39, 0.29) is 13.4 Å². The fraction of sp³-hybridized carbons (Fsp3) is 0.0571. The number of benzene rings is 11. The van der Waals surface area contributed by atoms with Crippen molar-refractivity contribution in [3.8, 4) is 33.6 Å². The molecule has 0 saturated heterocycles. The minimum atomic E-state index is -0.0537. The number of aromatic nitrogens is 2. The van der Waals surface area contributed by atoms with Crippen LogP contribution in [0.5, 0.6) is 0 Å². The first-order valence-electron chi connectivity index (χ1n) is 26.8. The van der Waals surface area contributed by atoms with Crippen molar-refractivity contribution in [1.82, 2.24) is 9.13 Å². The van der Waals surface area contributed by atoms with Crippen LogP contribution < -0.4 is 42.6 Å². The molecule has 0 atom stereocenters. The highest BCUT2D eigenvalue weighted by Gasteiger charge is 2.47. The predicted octanol–water partition coefficient (Wildman–Crippen LogP) is 13.7. The van der Waals surface area contributed by atoms with E-state index in [4.69, 9.17) is 0 Å². The van der Waals surface area contributed by atoms with Gasteiger partial charge in [0.05, 0.1) is 11.0 Å². The van der Waals surface area contributed by atoms with Gasteiger partial charge in [-0.25, -0.2) is 0 Å². The molecule has 6 heterocycles. The Hall–Kier alpha value is -9.25. The molecule has 354 valence electrons. The van der Waals surface area contributed by atoms with Crippen LogP contribution >= 0.6 is 0 Å². The van der Waals surface area contributed by atoms with Gasteiger partial charge in [-0.15, -0.1) is 0 Å². The monoisotopic (exact) mass is 966 g/mol. The zero-order chi connectivity index (χ0) is 50.2. The molecule has 0 saturated carbocycles. The van der Waals surface area contributed by atoms with Crippen molar-refractivity contribution in [1.29, 1.82) is 0 Å². The third-order valence-electron chi connectivity index (χ3n) is 17.6. The fourth-order valence-corrected chi connectivity index (χ4v) is 14.4. The van der Waals surface area contributed by atoms with Gasteiger partial charge in [-0.2, -0.15) is 0 Å². The topological polar surface area (TPSA) is 16.3 Å². The molecule has 4 aliphatic heterocycles. The summed E-state index contributed by atoms with van der Waals surface area (Å²) in [5.41, 5.74) is 32.7. The third-order valence-corrected chi connectivity index (χ3v) is 17.6. The van der Waals surface area contributed by atoms with Crippen LogP contribution in [0.4, 0.5) is 34.1 Å². The van der Waals surface area contributed by atoms with Gasteiger partial charge in [0, 0.05) is 78.1 Å². The number of para-hydroxylation sites is 6. The van der Waals surface area contributed by atoms with Crippen molar-refractivity contribution >= 4 is 124 Å². The third kappa shape index (κ3) is 5.50. The Morgan fingerprint density at radius 3 is 1.17 bits per heavy atom. The van der Waals surface area contributed by atoms with E-state index in [1.165, 1.54) is 155 Å². The van der Waals surface area contributed by atoms with Gasteiger partial charge in [-0.1, -0.05) is 163 Å². The van der Waals surface area contributed by atoms with Crippen LogP contribution in [0.3, 0.4) is 0 Å². The minimum absolute atomic E-state index is 0.0537. The second kappa shape index (κ2) is 15.2. The lowest BCUT2D eigenvalue weighted by atomic mass is 9.30. The Balaban J connectivity index is 1.04. The Labute approximate surface area is 442 Å². The average Bonchev–Trinajstić information content (AvgIpc) is 4.17. The van der Waals surface area contributed by atoms with E-state index >= 15 is 0 Å². The average molecular weight is 967 g/mol. The van der Waals surface area contributed by atoms with Crippen LogP contribution in [0.25, 0.3) is 77.2 Å². The smallest absolute Gasteiger partial charge is 0.252 e.